The second-order valence-corrected chi connectivity index (χ2v) is 8.37. The number of benzene rings is 1. The van der Waals surface area contributed by atoms with Gasteiger partial charge in [0.15, 0.2) is 0 Å². The maximum atomic E-state index is 13.3. The summed E-state index contributed by atoms with van der Waals surface area (Å²) in [5.74, 6) is -0.563. The summed E-state index contributed by atoms with van der Waals surface area (Å²) in [5.41, 5.74) is -0.257. The average Bonchev–Trinajstić information content (AvgIpc) is 3.09. The number of rotatable bonds is 5. The first-order chi connectivity index (χ1) is 11.0. The molecule has 0 radical (unpaired) electrons. The van der Waals surface area contributed by atoms with Gasteiger partial charge in [0.25, 0.3) is 0 Å². The van der Waals surface area contributed by atoms with Crippen LogP contribution in [0.15, 0.2) is 46.7 Å². The molecule has 1 fully saturated rings. The Balaban J connectivity index is 1.82. The molecule has 1 aromatic carbocycles. The fraction of sp³-hybridized carbons (Fsp3) is 0.375. The summed E-state index contributed by atoms with van der Waals surface area (Å²) in [5, 5.41) is 1.99. The van der Waals surface area contributed by atoms with E-state index in [-0.39, 0.29) is 16.9 Å². The van der Waals surface area contributed by atoms with Crippen LogP contribution in [0, 0.1) is 5.82 Å². The molecule has 1 aromatic heterocycles. The summed E-state index contributed by atoms with van der Waals surface area (Å²) in [6.07, 6.45) is 1.53. The number of hydrogen-bond donors (Lipinski definition) is 1. The van der Waals surface area contributed by atoms with Gasteiger partial charge < -0.3 is 4.74 Å². The maximum absolute atomic E-state index is 13.3. The van der Waals surface area contributed by atoms with E-state index in [1.807, 2.05) is 17.5 Å². The van der Waals surface area contributed by atoms with E-state index >= 15 is 0 Å². The topological polar surface area (TPSA) is 55.4 Å². The van der Waals surface area contributed by atoms with Gasteiger partial charge in [0.1, 0.15) is 5.82 Å². The minimum Gasteiger partial charge on any atom is -0.381 e. The van der Waals surface area contributed by atoms with E-state index in [0.29, 0.717) is 13.2 Å². The molecule has 1 aliphatic heterocycles. The third kappa shape index (κ3) is 3.63. The molecule has 124 valence electrons. The quantitative estimate of drug-likeness (QED) is 0.897. The molecule has 1 N–H and O–H groups in total. The van der Waals surface area contributed by atoms with E-state index in [2.05, 4.69) is 4.72 Å². The van der Waals surface area contributed by atoms with E-state index < -0.39 is 15.8 Å². The van der Waals surface area contributed by atoms with Crippen molar-refractivity contribution in [3.63, 3.8) is 0 Å². The largest absolute Gasteiger partial charge is 0.381 e. The summed E-state index contributed by atoms with van der Waals surface area (Å²) in [7, 11) is -3.74. The molecular formula is C16H18FNO3S2. The molecule has 0 aliphatic carbocycles. The van der Waals surface area contributed by atoms with Crippen LogP contribution >= 0.6 is 11.3 Å². The predicted molar refractivity (Wildman–Crippen MR) is 87.6 cm³/mol. The number of nitrogens with one attached hydrogen (secondary N) is 1. The first kappa shape index (κ1) is 16.6. The molecule has 0 unspecified atom stereocenters. The van der Waals surface area contributed by atoms with Crippen molar-refractivity contribution in [3.05, 3.63) is 52.5 Å². The van der Waals surface area contributed by atoms with Crippen molar-refractivity contribution in [3.8, 4) is 0 Å². The number of hydrogen-bond acceptors (Lipinski definition) is 4. The Kier molecular flexibility index (Phi) is 4.82. The van der Waals surface area contributed by atoms with Crippen molar-refractivity contribution in [1.29, 1.82) is 0 Å². The Morgan fingerprint density at radius 2 is 2.00 bits per heavy atom. The number of sulfonamides is 1. The van der Waals surface area contributed by atoms with Crippen molar-refractivity contribution < 1.29 is 17.5 Å². The molecule has 2 aromatic rings. The summed E-state index contributed by atoms with van der Waals surface area (Å²) >= 11 is 1.63. The Hall–Kier alpha value is -1.28. The van der Waals surface area contributed by atoms with Crippen LogP contribution in [0.25, 0.3) is 0 Å². The highest BCUT2D eigenvalue weighted by Crippen LogP contribution is 2.37. The molecule has 3 rings (SSSR count). The molecule has 7 heteroatoms. The third-order valence-corrected chi connectivity index (χ3v) is 6.72. The van der Waals surface area contributed by atoms with Gasteiger partial charge in [-0.05, 0) is 42.5 Å². The Morgan fingerprint density at radius 1 is 1.22 bits per heavy atom. The van der Waals surface area contributed by atoms with Gasteiger partial charge in [-0.2, -0.15) is 0 Å². The standard InChI is InChI=1S/C16H18FNO3S2/c17-13-3-1-4-14(11-13)23(19,20)18-12-16(6-8-21-9-7-16)15-5-2-10-22-15/h1-5,10-11,18H,6-9,12H2. The summed E-state index contributed by atoms with van der Waals surface area (Å²) in [6.45, 7) is 1.51. The van der Waals surface area contributed by atoms with Crippen LogP contribution in [0.5, 0.6) is 0 Å². The summed E-state index contributed by atoms with van der Waals surface area (Å²) < 4.78 is 46.2. The van der Waals surface area contributed by atoms with Crippen molar-refractivity contribution in [2.24, 2.45) is 0 Å². The average molecular weight is 355 g/mol. The second-order valence-electron chi connectivity index (χ2n) is 5.65. The highest BCUT2D eigenvalue weighted by atomic mass is 32.2. The van der Waals surface area contributed by atoms with Crippen LogP contribution in [0.1, 0.15) is 17.7 Å². The lowest BCUT2D eigenvalue weighted by molar-refractivity contribution is 0.0529. The van der Waals surface area contributed by atoms with Crippen LogP contribution in [0.2, 0.25) is 0 Å². The number of thiophene rings is 1. The van der Waals surface area contributed by atoms with E-state index in [0.717, 1.165) is 23.8 Å². The van der Waals surface area contributed by atoms with Gasteiger partial charge in [0.05, 0.1) is 4.90 Å². The van der Waals surface area contributed by atoms with Crippen LogP contribution in [-0.2, 0) is 20.2 Å². The zero-order chi connectivity index (χ0) is 16.3. The predicted octanol–water partition coefficient (Wildman–Crippen LogP) is 2.91. The van der Waals surface area contributed by atoms with E-state index in [9.17, 15) is 12.8 Å². The molecule has 4 nitrogen and oxygen atoms in total. The van der Waals surface area contributed by atoms with Gasteiger partial charge in [-0.25, -0.2) is 17.5 Å². The van der Waals surface area contributed by atoms with Crippen molar-refractivity contribution >= 4 is 21.4 Å². The molecule has 23 heavy (non-hydrogen) atoms. The van der Waals surface area contributed by atoms with E-state index in [1.165, 1.54) is 18.2 Å². The highest BCUT2D eigenvalue weighted by molar-refractivity contribution is 7.89. The first-order valence-corrected chi connectivity index (χ1v) is 9.75. The highest BCUT2D eigenvalue weighted by Gasteiger charge is 2.36. The minimum atomic E-state index is -3.74. The second kappa shape index (κ2) is 6.68. The minimum absolute atomic E-state index is 0.0501. The third-order valence-electron chi connectivity index (χ3n) is 4.20. The summed E-state index contributed by atoms with van der Waals surface area (Å²) in [4.78, 5) is 1.11. The molecule has 0 amide bonds. The van der Waals surface area contributed by atoms with Crippen LogP contribution in [0.4, 0.5) is 4.39 Å². The Bertz CT molecular complexity index is 753. The van der Waals surface area contributed by atoms with Crippen molar-refractivity contribution in [1.82, 2.24) is 4.72 Å². The zero-order valence-corrected chi connectivity index (χ0v) is 14.1. The molecule has 0 bridgehead atoms. The number of halogens is 1. The van der Waals surface area contributed by atoms with Crippen molar-refractivity contribution in [2.45, 2.75) is 23.2 Å². The zero-order valence-electron chi connectivity index (χ0n) is 12.5. The van der Waals surface area contributed by atoms with Crippen LogP contribution < -0.4 is 4.72 Å². The van der Waals surface area contributed by atoms with Gasteiger partial charge in [0.2, 0.25) is 10.0 Å². The smallest absolute Gasteiger partial charge is 0.240 e. The SMILES string of the molecule is O=S(=O)(NCC1(c2cccs2)CCOCC1)c1cccc(F)c1. The molecule has 0 saturated carbocycles. The molecule has 1 aliphatic rings. The Labute approximate surface area is 139 Å². The fourth-order valence-electron chi connectivity index (χ4n) is 2.80. The Morgan fingerprint density at radius 3 is 2.65 bits per heavy atom. The number of ether oxygens (including phenoxy) is 1. The normalized spacial score (nSPS) is 18.0. The van der Waals surface area contributed by atoms with E-state index in [1.54, 1.807) is 11.3 Å². The van der Waals surface area contributed by atoms with Crippen molar-refractivity contribution in [2.75, 3.05) is 19.8 Å². The summed E-state index contributed by atoms with van der Waals surface area (Å²) in [6, 6.07) is 9.06. The molecule has 0 spiro atoms. The molecule has 1 saturated heterocycles. The molecule has 0 atom stereocenters. The van der Waals surface area contributed by atoms with Gasteiger partial charge in [-0.3, -0.25) is 0 Å². The van der Waals surface area contributed by atoms with Crippen LogP contribution in [0.3, 0.4) is 0 Å². The van der Waals surface area contributed by atoms with Gasteiger partial charge >= 0.3 is 0 Å². The van der Waals surface area contributed by atoms with Gasteiger partial charge in [-0.1, -0.05) is 12.1 Å². The van der Waals surface area contributed by atoms with Gasteiger partial charge in [0, 0.05) is 30.1 Å². The van der Waals surface area contributed by atoms with Gasteiger partial charge in [-0.15, -0.1) is 11.3 Å². The van der Waals surface area contributed by atoms with Crippen LogP contribution in [-0.4, -0.2) is 28.2 Å². The maximum Gasteiger partial charge on any atom is 0.240 e. The lowest BCUT2D eigenvalue weighted by Gasteiger charge is -2.36. The first-order valence-electron chi connectivity index (χ1n) is 7.39. The molecular weight excluding hydrogens is 337 g/mol. The lowest BCUT2D eigenvalue weighted by Crippen LogP contribution is -2.44. The monoisotopic (exact) mass is 355 g/mol. The lowest BCUT2D eigenvalue weighted by atomic mass is 9.79. The van der Waals surface area contributed by atoms with E-state index in [4.69, 9.17) is 4.74 Å². The molecule has 2 heterocycles. The fourth-order valence-corrected chi connectivity index (χ4v) is 4.95.